The maximum atomic E-state index is 13.3. The topological polar surface area (TPSA) is 49.7 Å². The van der Waals surface area contributed by atoms with E-state index < -0.39 is 17.7 Å². The third kappa shape index (κ3) is 1.76. The van der Waals surface area contributed by atoms with Gasteiger partial charge in [0.25, 0.3) is 0 Å². The van der Waals surface area contributed by atoms with E-state index in [2.05, 4.69) is 0 Å². The van der Waals surface area contributed by atoms with E-state index in [1.807, 2.05) is 0 Å². The fourth-order valence-electron chi connectivity index (χ4n) is 1.15. The lowest BCUT2D eigenvalue weighted by Gasteiger charge is -2.13. The third-order valence-electron chi connectivity index (χ3n) is 1.83. The normalized spacial score (nSPS) is 12.6. The number of phenols is 1. The molecule has 1 aromatic carbocycles. The van der Waals surface area contributed by atoms with Gasteiger partial charge in [-0.25, -0.2) is 4.39 Å². The Labute approximate surface area is 85.7 Å². The molecule has 0 aliphatic heterocycles. The molecule has 1 unspecified atom stereocenters. The van der Waals surface area contributed by atoms with Gasteiger partial charge in [0, 0.05) is 6.07 Å². The Bertz CT molecular complexity index is 352. The molecule has 0 bridgehead atoms. The molecule has 1 rings (SSSR count). The van der Waals surface area contributed by atoms with Crippen molar-refractivity contribution in [2.75, 3.05) is 7.11 Å². The van der Waals surface area contributed by atoms with E-state index in [4.69, 9.17) is 16.3 Å². The number of hydrogen-bond acceptors (Lipinski definition) is 3. The van der Waals surface area contributed by atoms with Crippen LogP contribution in [0, 0.1) is 5.82 Å². The van der Waals surface area contributed by atoms with Gasteiger partial charge in [-0.3, -0.25) is 0 Å². The average molecular weight is 221 g/mol. The molecule has 0 aromatic heterocycles. The number of phenolic OH excluding ortho intramolecular Hbond substituents is 1. The first kappa shape index (κ1) is 11.1. The second kappa shape index (κ2) is 4.02. The molecule has 0 amide bonds. The maximum Gasteiger partial charge on any atom is 0.166 e. The molecule has 0 radical (unpaired) electrons. The summed E-state index contributed by atoms with van der Waals surface area (Å²) in [7, 11) is 1.31. The van der Waals surface area contributed by atoms with Gasteiger partial charge in [0.05, 0.1) is 23.8 Å². The SMILES string of the molecule is COc1cc(Cl)c(F)c(C(C)O)c1O. The zero-order valence-corrected chi connectivity index (χ0v) is 8.47. The van der Waals surface area contributed by atoms with Gasteiger partial charge in [-0.1, -0.05) is 11.6 Å². The predicted octanol–water partition coefficient (Wildman–Crippen LogP) is 2.25. The molecular formula is C9H10ClFO3. The summed E-state index contributed by atoms with van der Waals surface area (Å²) >= 11 is 5.54. The van der Waals surface area contributed by atoms with Crippen LogP contribution in [0.4, 0.5) is 4.39 Å². The molecule has 0 aliphatic rings. The summed E-state index contributed by atoms with van der Waals surface area (Å²) < 4.78 is 18.1. The van der Waals surface area contributed by atoms with E-state index >= 15 is 0 Å². The zero-order valence-electron chi connectivity index (χ0n) is 7.71. The highest BCUT2D eigenvalue weighted by atomic mass is 35.5. The second-order valence-corrected chi connectivity index (χ2v) is 3.22. The van der Waals surface area contributed by atoms with Crippen molar-refractivity contribution >= 4 is 11.6 Å². The van der Waals surface area contributed by atoms with Crippen LogP contribution in [-0.2, 0) is 0 Å². The van der Waals surface area contributed by atoms with Crippen molar-refractivity contribution in [2.24, 2.45) is 0 Å². The molecule has 1 atom stereocenters. The first-order valence-electron chi connectivity index (χ1n) is 3.92. The third-order valence-corrected chi connectivity index (χ3v) is 2.11. The van der Waals surface area contributed by atoms with Crippen LogP contribution in [0.5, 0.6) is 11.5 Å². The molecule has 0 fully saturated rings. The summed E-state index contributed by atoms with van der Waals surface area (Å²) in [6, 6.07) is 1.15. The lowest BCUT2D eigenvalue weighted by atomic mass is 10.1. The van der Waals surface area contributed by atoms with Crippen molar-refractivity contribution in [3.05, 3.63) is 22.5 Å². The van der Waals surface area contributed by atoms with E-state index in [1.54, 1.807) is 0 Å². The molecule has 14 heavy (non-hydrogen) atoms. The second-order valence-electron chi connectivity index (χ2n) is 2.81. The van der Waals surface area contributed by atoms with Gasteiger partial charge in [-0.05, 0) is 6.92 Å². The first-order chi connectivity index (χ1) is 6.49. The lowest BCUT2D eigenvalue weighted by molar-refractivity contribution is 0.188. The minimum atomic E-state index is -1.15. The van der Waals surface area contributed by atoms with Crippen molar-refractivity contribution in [2.45, 2.75) is 13.0 Å². The van der Waals surface area contributed by atoms with Gasteiger partial charge in [0.2, 0.25) is 0 Å². The number of aliphatic hydroxyl groups is 1. The number of aromatic hydroxyl groups is 1. The number of rotatable bonds is 2. The minimum Gasteiger partial charge on any atom is -0.504 e. The Hall–Kier alpha value is -1.00. The molecule has 78 valence electrons. The molecule has 0 aliphatic carbocycles. The maximum absolute atomic E-state index is 13.3. The molecule has 0 spiro atoms. The van der Waals surface area contributed by atoms with E-state index in [1.165, 1.54) is 14.0 Å². The number of methoxy groups -OCH3 is 1. The largest absolute Gasteiger partial charge is 0.504 e. The Morgan fingerprint density at radius 3 is 2.57 bits per heavy atom. The standard InChI is InChI=1S/C9H10ClFO3/c1-4(12)7-8(11)5(10)3-6(14-2)9(7)13/h3-4,12-13H,1-2H3. The average Bonchev–Trinajstić information content (AvgIpc) is 2.11. The number of aliphatic hydroxyl groups excluding tert-OH is 1. The Balaban J connectivity index is 3.45. The molecule has 2 N–H and O–H groups in total. The van der Waals surface area contributed by atoms with Crippen LogP contribution in [0.15, 0.2) is 6.07 Å². The summed E-state index contributed by atoms with van der Waals surface area (Å²) in [5, 5.41) is 18.5. The van der Waals surface area contributed by atoms with Crippen LogP contribution in [0.2, 0.25) is 5.02 Å². The number of benzene rings is 1. The monoisotopic (exact) mass is 220 g/mol. The number of hydrogen-bond donors (Lipinski definition) is 2. The highest BCUT2D eigenvalue weighted by Crippen LogP contribution is 2.39. The molecule has 1 aromatic rings. The first-order valence-corrected chi connectivity index (χ1v) is 4.29. The quantitative estimate of drug-likeness (QED) is 0.804. The number of halogens is 2. The molecule has 0 heterocycles. The van der Waals surface area contributed by atoms with E-state index in [0.29, 0.717) is 0 Å². The van der Waals surface area contributed by atoms with Crippen LogP contribution in [0.1, 0.15) is 18.6 Å². The highest BCUT2D eigenvalue weighted by Gasteiger charge is 2.20. The van der Waals surface area contributed by atoms with Gasteiger partial charge < -0.3 is 14.9 Å². The Kier molecular flexibility index (Phi) is 3.18. The van der Waals surface area contributed by atoms with Crippen LogP contribution in [0.25, 0.3) is 0 Å². The molecule has 5 heteroatoms. The van der Waals surface area contributed by atoms with E-state index in [-0.39, 0.29) is 16.3 Å². The van der Waals surface area contributed by atoms with Crippen LogP contribution >= 0.6 is 11.6 Å². The molecular weight excluding hydrogens is 211 g/mol. The fraction of sp³-hybridized carbons (Fsp3) is 0.333. The van der Waals surface area contributed by atoms with Crippen LogP contribution < -0.4 is 4.74 Å². The van der Waals surface area contributed by atoms with Gasteiger partial charge in [-0.15, -0.1) is 0 Å². The lowest BCUT2D eigenvalue weighted by Crippen LogP contribution is -1.99. The summed E-state index contributed by atoms with van der Waals surface area (Å²) in [5.41, 5.74) is -0.255. The minimum absolute atomic E-state index is 0.0345. The summed E-state index contributed by atoms with van der Waals surface area (Å²) in [4.78, 5) is 0. The smallest absolute Gasteiger partial charge is 0.166 e. The van der Waals surface area contributed by atoms with Crippen LogP contribution in [-0.4, -0.2) is 17.3 Å². The van der Waals surface area contributed by atoms with Gasteiger partial charge in [0.15, 0.2) is 17.3 Å². The molecule has 3 nitrogen and oxygen atoms in total. The van der Waals surface area contributed by atoms with Crippen molar-refractivity contribution in [1.29, 1.82) is 0 Å². The van der Waals surface area contributed by atoms with Crippen molar-refractivity contribution in [3.63, 3.8) is 0 Å². The summed E-state index contributed by atoms with van der Waals surface area (Å²) in [6.45, 7) is 1.33. The summed E-state index contributed by atoms with van der Waals surface area (Å²) in [5.74, 6) is -1.23. The van der Waals surface area contributed by atoms with Crippen molar-refractivity contribution in [3.8, 4) is 11.5 Å². The van der Waals surface area contributed by atoms with Crippen molar-refractivity contribution in [1.82, 2.24) is 0 Å². The van der Waals surface area contributed by atoms with E-state index in [9.17, 15) is 14.6 Å². The van der Waals surface area contributed by atoms with Crippen molar-refractivity contribution < 1.29 is 19.3 Å². The fourth-order valence-corrected chi connectivity index (χ4v) is 1.35. The predicted molar refractivity (Wildman–Crippen MR) is 50.3 cm³/mol. The van der Waals surface area contributed by atoms with Gasteiger partial charge in [0.1, 0.15) is 0 Å². The Morgan fingerprint density at radius 1 is 1.57 bits per heavy atom. The molecule has 0 saturated carbocycles. The zero-order chi connectivity index (χ0) is 10.9. The van der Waals surface area contributed by atoms with Crippen LogP contribution in [0.3, 0.4) is 0 Å². The number of ether oxygens (including phenoxy) is 1. The van der Waals surface area contributed by atoms with E-state index in [0.717, 1.165) is 6.07 Å². The highest BCUT2D eigenvalue weighted by molar-refractivity contribution is 6.31. The Morgan fingerprint density at radius 2 is 2.14 bits per heavy atom. The van der Waals surface area contributed by atoms with Gasteiger partial charge in [-0.2, -0.15) is 0 Å². The summed E-state index contributed by atoms with van der Waals surface area (Å²) in [6.07, 6.45) is -1.15. The molecule has 0 saturated heterocycles. The van der Waals surface area contributed by atoms with Gasteiger partial charge >= 0.3 is 0 Å².